The second-order valence-corrected chi connectivity index (χ2v) is 3.95. The molecule has 1 aromatic carbocycles. The van der Waals surface area contributed by atoms with Crippen molar-refractivity contribution in [3.05, 3.63) is 29.3 Å². The van der Waals surface area contributed by atoms with E-state index in [0.29, 0.717) is 13.2 Å². The van der Waals surface area contributed by atoms with Gasteiger partial charge in [0.25, 0.3) is 0 Å². The van der Waals surface area contributed by atoms with Crippen LogP contribution in [0, 0.1) is 0 Å². The molecule has 0 bridgehead atoms. The molecule has 0 saturated heterocycles. The maximum atomic E-state index is 5.59. The Hall–Kier alpha value is -1.48. The quantitative estimate of drug-likeness (QED) is 0.824. The van der Waals surface area contributed by atoms with Crippen LogP contribution in [0.4, 0.5) is 0 Å². The highest BCUT2D eigenvalue weighted by Crippen LogP contribution is 2.28. The number of ether oxygens (including phenoxy) is 2. The molecule has 17 heavy (non-hydrogen) atoms. The Morgan fingerprint density at radius 2 is 2.12 bits per heavy atom. The number of hydrogen-bond donors (Lipinski definition) is 1. The maximum Gasteiger partial charge on any atom is 0.161 e. The highest BCUT2D eigenvalue weighted by molar-refractivity contribution is 5.58. The lowest BCUT2D eigenvalue weighted by atomic mass is 10.1. The molecule has 1 aromatic rings. The average molecular weight is 235 g/mol. The van der Waals surface area contributed by atoms with Crippen molar-refractivity contribution in [2.75, 3.05) is 20.3 Å². The van der Waals surface area contributed by atoms with Gasteiger partial charge in [-0.05, 0) is 31.0 Å². The summed E-state index contributed by atoms with van der Waals surface area (Å²) in [4.78, 5) is 0. The van der Waals surface area contributed by atoms with Crippen LogP contribution in [-0.4, -0.2) is 20.3 Å². The minimum atomic E-state index is 0.566. The molecule has 0 heterocycles. The van der Waals surface area contributed by atoms with Crippen molar-refractivity contribution < 1.29 is 9.47 Å². The third kappa shape index (κ3) is 4.11. The van der Waals surface area contributed by atoms with E-state index in [1.807, 2.05) is 31.2 Å². The Bertz CT molecular complexity index is 386. The van der Waals surface area contributed by atoms with E-state index in [9.17, 15) is 0 Å². The van der Waals surface area contributed by atoms with E-state index in [-0.39, 0.29) is 0 Å². The third-order valence-electron chi connectivity index (χ3n) is 2.38. The lowest BCUT2D eigenvalue weighted by molar-refractivity contribution is 0.294. The summed E-state index contributed by atoms with van der Waals surface area (Å²) in [5, 5.41) is 0. The molecule has 3 heteroatoms. The fraction of sp³-hybridized carbons (Fsp3) is 0.429. The van der Waals surface area contributed by atoms with Crippen molar-refractivity contribution in [1.29, 1.82) is 0 Å². The van der Waals surface area contributed by atoms with Gasteiger partial charge in [0.2, 0.25) is 0 Å². The van der Waals surface area contributed by atoms with Crippen LogP contribution in [0.5, 0.6) is 11.5 Å². The molecule has 0 aliphatic rings. The minimum absolute atomic E-state index is 0.566. The van der Waals surface area contributed by atoms with Crippen molar-refractivity contribution in [2.45, 2.75) is 20.3 Å². The molecule has 0 amide bonds. The molecule has 94 valence electrons. The smallest absolute Gasteiger partial charge is 0.161 e. The van der Waals surface area contributed by atoms with Gasteiger partial charge in [0.15, 0.2) is 11.5 Å². The molecule has 0 aromatic heterocycles. The molecule has 0 aliphatic heterocycles. The molecule has 0 spiro atoms. The zero-order chi connectivity index (χ0) is 12.7. The van der Waals surface area contributed by atoms with E-state index in [4.69, 9.17) is 15.2 Å². The first-order valence-electron chi connectivity index (χ1n) is 5.89. The molecular formula is C14H21NO2. The van der Waals surface area contributed by atoms with Crippen LogP contribution in [0.15, 0.2) is 23.8 Å². The van der Waals surface area contributed by atoms with Gasteiger partial charge >= 0.3 is 0 Å². The van der Waals surface area contributed by atoms with Crippen LogP contribution >= 0.6 is 0 Å². The monoisotopic (exact) mass is 235 g/mol. The Morgan fingerprint density at radius 3 is 2.71 bits per heavy atom. The number of nitrogens with two attached hydrogens (primary N) is 1. The molecule has 0 radical (unpaired) electrons. The summed E-state index contributed by atoms with van der Waals surface area (Å²) >= 11 is 0. The first-order chi connectivity index (χ1) is 8.21. The first kappa shape index (κ1) is 13.6. The van der Waals surface area contributed by atoms with E-state index in [2.05, 4.69) is 6.92 Å². The van der Waals surface area contributed by atoms with Crippen LogP contribution in [0.3, 0.4) is 0 Å². The molecule has 0 unspecified atom stereocenters. The normalized spacial score (nSPS) is 11.4. The van der Waals surface area contributed by atoms with Gasteiger partial charge < -0.3 is 15.2 Å². The molecule has 0 atom stereocenters. The molecule has 0 fully saturated rings. The van der Waals surface area contributed by atoms with Crippen LogP contribution in [0.25, 0.3) is 6.08 Å². The molecule has 3 nitrogen and oxygen atoms in total. The van der Waals surface area contributed by atoms with Gasteiger partial charge in [-0.1, -0.05) is 24.6 Å². The second-order valence-electron chi connectivity index (χ2n) is 3.95. The predicted octanol–water partition coefficient (Wildman–Crippen LogP) is 2.85. The zero-order valence-corrected chi connectivity index (χ0v) is 10.8. The summed E-state index contributed by atoms with van der Waals surface area (Å²) in [5.41, 5.74) is 7.77. The number of hydrogen-bond acceptors (Lipinski definition) is 3. The van der Waals surface area contributed by atoms with Crippen LogP contribution in [0.1, 0.15) is 25.8 Å². The Labute approximate surface area is 103 Å². The molecule has 0 aliphatic carbocycles. The van der Waals surface area contributed by atoms with E-state index in [1.165, 1.54) is 0 Å². The molecule has 0 saturated carbocycles. The Morgan fingerprint density at radius 1 is 1.35 bits per heavy atom. The van der Waals surface area contributed by atoms with E-state index in [1.54, 1.807) is 7.11 Å². The summed E-state index contributed by atoms with van der Waals surface area (Å²) in [6.07, 6.45) is 3.03. The van der Waals surface area contributed by atoms with Gasteiger partial charge in [0.1, 0.15) is 0 Å². The van der Waals surface area contributed by atoms with E-state index >= 15 is 0 Å². The molecule has 1 rings (SSSR count). The summed E-state index contributed by atoms with van der Waals surface area (Å²) < 4.78 is 10.9. The Kier molecular flexibility index (Phi) is 5.57. The summed E-state index contributed by atoms with van der Waals surface area (Å²) in [5.74, 6) is 1.55. The van der Waals surface area contributed by atoms with Gasteiger partial charge in [-0.25, -0.2) is 0 Å². The molecular weight excluding hydrogens is 214 g/mol. The highest BCUT2D eigenvalue weighted by Gasteiger charge is 2.04. The standard InChI is InChI=1S/C14H21NO2/c1-4-7-17-13-6-5-12(8-11(2)10-15)9-14(13)16-3/h5-6,8-9H,4,7,10,15H2,1-3H3. The summed E-state index contributed by atoms with van der Waals surface area (Å²) in [6.45, 7) is 5.35. The minimum Gasteiger partial charge on any atom is -0.493 e. The van der Waals surface area contributed by atoms with Gasteiger partial charge in [0, 0.05) is 6.54 Å². The summed E-state index contributed by atoms with van der Waals surface area (Å²) in [7, 11) is 1.65. The van der Waals surface area contributed by atoms with Crippen LogP contribution in [-0.2, 0) is 0 Å². The first-order valence-corrected chi connectivity index (χ1v) is 5.89. The van der Waals surface area contributed by atoms with Gasteiger partial charge in [0.05, 0.1) is 13.7 Å². The van der Waals surface area contributed by atoms with Gasteiger partial charge in [-0.15, -0.1) is 0 Å². The maximum absolute atomic E-state index is 5.59. The number of benzene rings is 1. The number of rotatable bonds is 6. The van der Waals surface area contributed by atoms with E-state index < -0.39 is 0 Å². The summed E-state index contributed by atoms with van der Waals surface area (Å²) in [6, 6.07) is 5.90. The Balaban J connectivity index is 2.92. The topological polar surface area (TPSA) is 44.5 Å². The SMILES string of the molecule is CCCOc1ccc(C=C(C)CN)cc1OC. The van der Waals surface area contributed by atoms with Crippen molar-refractivity contribution >= 4 is 6.08 Å². The second kappa shape index (κ2) is 6.97. The predicted molar refractivity (Wildman–Crippen MR) is 71.5 cm³/mol. The van der Waals surface area contributed by atoms with Crippen LogP contribution in [0.2, 0.25) is 0 Å². The van der Waals surface area contributed by atoms with Gasteiger partial charge in [-0.3, -0.25) is 0 Å². The number of methoxy groups -OCH3 is 1. The van der Waals surface area contributed by atoms with Crippen molar-refractivity contribution in [3.63, 3.8) is 0 Å². The zero-order valence-electron chi connectivity index (χ0n) is 10.8. The largest absolute Gasteiger partial charge is 0.493 e. The lowest BCUT2D eigenvalue weighted by Gasteiger charge is -2.10. The lowest BCUT2D eigenvalue weighted by Crippen LogP contribution is -2.00. The average Bonchev–Trinajstić information content (AvgIpc) is 2.36. The van der Waals surface area contributed by atoms with Gasteiger partial charge in [-0.2, -0.15) is 0 Å². The fourth-order valence-corrected chi connectivity index (χ4v) is 1.45. The van der Waals surface area contributed by atoms with E-state index in [0.717, 1.165) is 29.1 Å². The third-order valence-corrected chi connectivity index (χ3v) is 2.38. The van der Waals surface area contributed by atoms with Crippen molar-refractivity contribution in [1.82, 2.24) is 0 Å². The molecule has 2 N–H and O–H groups in total. The fourth-order valence-electron chi connectivity index (χ4n) is 1.45. The highest BCUT2D eigenvalue weighted by atomic mass is 16.5. The van der Waals surface area contributed by atoms with Crippen molar-refractivity contribution in [2.24, 2.45) is 5.73 Å². The van der Waals surface area contributed by atoms with Crippen LogP contribution < -0.4 is 15.2 Å². The van der Waals surface area contributed by atoms with Crippen molar-refractivity contribution in [3.8, 4) is 11.5 Å².